The van der Waals surface area contributed by atoms with Crippen molar-refractivity contribution in [3.05, 3.63) is 89.9 Å². The second kappa shape index (κ2) is 12.3. The lowest BCUT2D eigenvalue weighted by atomic mass is 10.0. The van der Waals surface area contributed by atoms with E-state index in [0.717, 1.165) is 36.2 Å². The summed E-state index contributed by atoms with van der Waals surface area (Å²) >= 11 is 0. The normalized spacial score (nSPS) is 17.5. The van der Waals surface area contributed by atoms with Crippen LogP contribution in [0.4, 0.5) is 11.4 Å². The van der Waals surface area contributed by atoms with Gasteiger partial charge in [0.05, 0.1) is 83.6 Å². The van der Waals surface area contributed by atoms with Gasteiger partial charge in [-0.2, -0.15) is 10.2 Å². The molecule has 7 rings (SSSR count). The molecule has 1 fully saturated rings. The third-order valence-corrected chi connectivity index (χ3v) is 9.44. The minimum Gasteiger partial charge on any atom is -0.331 e. The van der Waals surface area contributed by atoms with E-state index < -0.39 is 6.04 Å². The number of carbonyl (C=O) groups excluding carboxylic acids is 3. The standard InChI is InChI=1S/C35H38N10O3/c1-22-28(13-25(14-36-22)40-32(46)21-43-12-8-11-35(43,3)4)41-33(47)27-16-38-44-19-29(37-17-30(27)44)26-15-39-45-23(2)34(48)42(20-31(26)45)18-24-9-6-5-7-10-24/h5-7,9-10,13-17,19,23H,8,11-12,18,20-21H2,1-4H3,(H,40,46)(H,41,47). The lowest BCUT2D eigenvalue weighted by Crippen LogP contribution is -2.42. The Morgan fingerprint density at radius 1 is 1.02 bits per heavy atom. The largest absolute Gasteiger partial charge is 0.331 e. The first-order valence-electron chi connectivity index (χ1n) is 16.1. The van der Waals surface area contributed by atoms with Crippen LogP contribution in [0.15, 0.2) is 67.4 Å². The number of anilines is 2. The minimum atomic E-state index is -0.447. The zero-order valence-corrected chi connectivity index (χ0v) is 27.5. The van der Waals surface area contributed by atoms with Crippen molar-refractivity contribution in [3.8, 4) is 11.3 Å². The van der Waals surface area contributed by atoms with Gasteiger partial charge in [0.25, 0.3) is 5.91 Å². The van der Waals surface area contributed by atoms with E-state index in [4.69, 9.17) is 0 Å². The van der Waals surface area contributed by atoms with Crippen LogP contribution in [0.1, 0.15) is 67.0 Å². The van der Waals surface area contributed by atoms with E-state index >= 15 is 0 Å². The van der Waals surface area contributed by atoms with Crippen molar-refractivity contribution in [1.82, 2.24) is 39.2 Å². The summed E-state index contributed by atoms with van der Waals surface area (Å²) in [6.45, 7) is 10.0. The maximum atomic E-state index is 13.5. The molecule has 5 aromatic rings. The number of pyridine rings is 1. The van der Waals surface area contributed by atoms with Crippen molar-refractivity contribution >= 4 is 34.6 Å². The topological polar surface area (TPSA) is 143 Å². The summed E-state index contributed by atoms with van der Waals surface area (Å²) in [6.07, 6.45) is 10.3. The molecule has 13 nitrogen and oxygen atoms in total. The number of aromatic nitrogens is 6. The molecule has 1 saturated heterocycles. The van der Waals surface area contributed by atoms with Gasteiger partial charge in [0.2, 0.25) is 11.8 Å². The van der Waals surface area contributed by atoms with Crippen molar-refractivity contribution in [3.63, 3.8) is 0 Å². The quantitative estimate of drug-likeness (QED) is 0.252. The highest BCUT2D eigenvalue weighted by Gasteiger charge is 2.34. The van der Waals surface area contributed by atoms with Crippen LogP contribution in [0.3, 0.4) is 0 Å². The SMILES string of the molecule is Cc1ncc(NC(=O)CN2CCCC2(C)C)cc1NC(=O)c1cnn2cc(-c3cnn4c3CN(Cc3ccccc3)C(=O)C4C)ncc12. The average Bonchev–Trinajstić information content (AvgIpc) is 3.78. The van der Waals surface area contributed by atoms with Gasteiger partial charge < -0.3 is 15.5 Å². The zero-order valence-electron chi connectivity index (χ0n) is 27.5. The molecule has 13 heteroatoms. The van der Waals surface area contributed by atoms with Crippen LogP contribution in [-0.4, -0.2) is 75.5 Å². The van der Waals surface area contributed by atoms with Gasteiger partial charge in [-0.15, -0.1) is 0 Å². The highest BCUT2D eigenvalue weighted by atomic mass is 16.2. The van der Waals surface area contributed by atoms with Crippen LogP contribution in [0.2, 0.25) is 0 Å². The van der Waals surface area contributed by atoms with Crippen LogP contribution in [0.5, 0.6) is 0 Å². The van der Waals surface area contributed by atoms with Crippen LogP contribution < -0.4 is 10.6 Å². The molecular weight excluding hydrogens is 608 g/mol. The van der Waals surface area contributed by atoms with Crippen molar-refractivity contribution in [2.45, 2.75) is 65.2 Å². The smallest absolute Gasteiger partial charge is 0.259 e. The molecule has 0 bridgehead atoms. The molecule has 4 aromatic heterocycles. The Balaban J connectivity index is 1.07. The fourth-order valence-electron chi connectivity index (χ4n) is 6.60. The number of aryl methyl sites for hydroxylation is 1. The molecule has 2 aliphatic rings. The zero-order chi connectivity index (χ0) is 33.6. The number of rotatable bonds is 8. The van der Waals surface area contributed by atoms with Crippen LogP contribution in [-0.2, 0) is 22.7 Å². The average molecular weight is 647 g/mol. The Bertz CT molecular complexity index is 2030. The molecule has 2 N–H and O–H groups in total. The number of carbonyl (C=O) groups is 3. The number of hydrogen-bond acceptors (Lipinski definition) is 8. The molecule has 0 radical (unpaired) electrons. The van der Waals surface area contributed by atoms with Gasteiger partial charge in [-0.1, -0.05) is 30.3 Å². The molecule has 0 saturated carbocycles. The first-order chi connectivity index (χ1) is 23.1. The van der Waals surface area contributed by atoms with E-state index in [-0.39, 0.29) is 23.3 Å². The predicted molar refractivity (Wildman–Crippen MR) is 180 cm³/mol. The fraction of sp³-hybridized carbons (Fsp3) is 0.343. The molecule has 2 aliphatic heterocycles. The van der Waals surface area contributed by atoms with Crippen molar-refractivity contribution in [1.29, 1.82) is 0 Å². The summed E-state index contributed by atoms with van der Waals surface area (Å²) in [6, 6.07) is 11.2. The molecule has 1 atom stereocenters. The monoisotopic (exact) mass is 646 g/mol. The number of hydrogen-bond donors (Lipinski definition) is 2. The third-order valence-electron chi connectivity index (χ3n) is 9.44. The highest BCUT2D eigenvalue weighted by molar-refractivity contribution is 6.09. The number of fused-ring (bicyclic) bond motifs is 2. The van der Waals surface area contributed by atoms with Crippen molar-refractivity contribution < 1.29 is 14.4 Å². The number of benzene rings is 1. The summed E-state index contributed by atoms with van der Waals surface area (Å²) in [7, 11) is 0. The molecule has 1 unspecified atom stereocenters. The van der Waals surface area contributed by atoms with Crippen LogP contribution >= 0.6 is 0 Å². The first-order valence-corrected chi connectivity index (χ1v) is 16.1. The maximum Gasteiger partial charge on any atom is 0.259 e. The number of nitrogens with zero attached hydrogens (tertiary/aromatic N) is 8. The van der Waals surface area contributed by atoms with E-state index in [1.54, 1.807) is 47.0 Å². The van der Waals surface area contributed by atoms with E-state index in [2.05, 4.69) is 49.5 Å². The maximum absolute atomic E-state index is 13.5. The summed E-state index contributed by atoms with van der Waals surface area (Å²) in [5, 5.41) is 14.8. The van der Waals surface area contributed by atoms with E-state index in [0.29, 0.717) is 53.5 Å². The van der Waals surface area contributed by atoms with Crippen LogP contribution in [0, 0.1) is 6.92 Å². The van der Waals surface area contributed by atoms with E-state index in [1.807, 2.05) is 42.2 Å². The van der Waals surface area contributed by atoms with Gasteiger partial charge in [-0.3, -0.25) is 33.9 Å². The second-order valence-electron chi connectivity index (χ2n) is 13.2. The summed E-state index contributed by atoms with van der Waals surface area (Å²) in [5.41, 5.74) is 5.81. The summed E-state index contributed by atoms with van der Waals surface area (Å²) in [4.78, 5) is 52.5. The molecule has 48 heavy (non-hydrogen) atoms. The molecule has 0 spiro atoms. The van der Waals surface area contributed by atoms with Crippen molar-refractivity contribution in [2.24, 2.45) is 0 Å². The molecule has 3 amide bonds. The summed E-state index contributed by atoms with van der Waals surface area (Å²) in [5.74, 6) is -0.489. The first kappa shape index (κ1) is 31.2. The van der Waals surface area contributed by atoms with Gasteiger partial charge in [-0.25, -0.2) is 4.52 Å². The Labute approximate surface area is 278 Å². The second-order valence-corrected chi connectivity index (χ2v) is 13.2. The molecule has 246 valence electrons. The van der Waals surface area contributed by atoms with E-state index in [9.17, 15) is 14.4 Å². The fourth-order valence-corrected chi connectivity index (χ4v) is 6.60. The third kappa shape index (κ3) is 5.92. The van der Waals surface area contributed by atoms with Gasteiger partial charge in [-0.05, 0) is 58.7 Å². The Kier molecular flexibility index (Phi) is 7.99. The van der Waals surface area contributed by atoms with Gasteiger partial charge in [0, 0.05) is 17.6 Å². The van der Waals surface area contributed by atoms with E-state index in [1.165, 1.54) is 6.20 Å². The van der Waals surface area contributed by atoms with Gasteiger partial charge in [0.15, 0.2) is 0 Å². The van der Waals surface area contributed by atoms with Gasteiger partial charge >= 0.3 is 0 Å². The molecule has 1 aromatic carbocycles. The Hall–Kier alpha value is -5.43. The molecule has 0 aliphatic carbocycles. The lowest BCUT2D eigenvalue weighted by molar-refractivity contribution is -0.137. The highest BCUT2D eigenvalue weighted by Crippen LogP contribution is 2.32. The molecule has 6 heterocycles. The number of amides is 3. The lowest BCUT2D eigenvalue weighted by Gasteiger charge is -2.32. The van der Waals surface area contributed by atoms with Crippen LogP contribution in [0.25, 0.3) is 16.8 Å². The Morgan fingerprint density at radius 3 is 2.60 bits per heavy atom. The minimum absolute atomic E-state index is 0.00678. The Morgan fingerprint density at radius 2 is 1.83 bits per heavy atom. The summed E-state index contributed by atoms with van der Waals surface area (Å²) < 4.78 is 3.37. The van der Waals surface area contributed by atoms with Crippen molar-refractivity contribution in [2.75, 3.05) is 23.7 Å². The predicted octanol–water partition coefficient (Wildman–Crippen LogP) is 4.46. The number of nitrogens with one attached hydrogen (secondary N) is 2. The number of likely N-dealkylation sites (tertiary alicyclic amines) is 1. The molecular formula is C35H38N10O3. The van der Waals surface area contributed by atoms with Gasteiger partial charge in [0.1, 0.15) is 6.04 Å².